The van der Waals surface area contributed by atoms with E-state index in [0.717, 1.165) is 6.42 Å². The van der Waals surface area contributed by atoms with E-state index < -0.39 is 28.5 Å². The van der Waals surface area contributed by atoms with Crippen LogP contribution >= 0.6 is 11.6 Å². The molecule has 7 nitrogen and oxygen atoms in total. The van der Waals surface area contributed by atoms with Gasteiger partial charge in [0.2, 0.25) is 10.0 Å². The summed E-state index contributed by atoms with van der Waals surface area (Å²) in [5.41, 5.74) is 0.153. The number of sulfonamides is 1. The molecule has 0 aliphatic heterocycles. The number of carbonyl (C=O) groups is 2. The third-order valence-corrected chi connectivity index (χ3v) is 6.69. The van der Waals surface area contributed by atoms with E-state index in [9.17, 15) is 18.0 Å². The van der Waals surface area contributed by atoms with Crippen LogP contribution in [0, 0.1) is 11.8 Å². The summed E-state index contributed by atoms with van der Waals surface area (Å²) in [6.45, 7) is 5.65. The van der Waals surface area contributed by atoms with Crippen molar-refractivity contribution in [1.29, 1.82) is 0 Å². The number of carbonyl (C=O) groups excluding carboxylic acids is 2. The van der Waals surface area contributed by atoms with Crippen LogP contribution in [0.3, 0.4) is 0 Å². The monoisotopic (exact) mass is 402 g/mol. The van der Waals surface area contributed by atoms with Crippen molar-refractivity contribution in [1.82, 2.24) is 4.31 Å². The molecule has 1 N–H and O–H groups in total. The van der Waals surface area contributed by atoms with Gasteiger partial charge in [0.25, 0.3) is 5.91 Å². The van der Waals surface area contributed by atoms with Crippen LogP contribution in [0.4, 0.5) is 5.69 Å². The molecule has 0 heterocycles. The quantitative estimate of drug-likeness (QED) is 0.674. The first-order valence-electron chi connectivity index (χ1n) is 8.46. The van der Waals surface area contributed by atoms with Crippen molar-refractivity contribution in [2.75, 3.05) is 25.0 Å². The molecule has 9 heteroatoms. The molecule has 1 aliphatic rings. The van der Waals surface area contributed by atoms with E-state index >= 15 is 0 Å². The second-order valence-electron chi connectivity index (χ2n) is 6.21. The normalized spacial score (nSPS) is 19.3. The van der Waals surface area contributed by atoms with Gasteiger partial charge in [-0.05, 0) is 30.5 Å². The van der Waals surface area contributed by atoms with Gasteiger partial charge in [0.1, 0.15) is 0 Å². The Kier molecular flexibility index (Phi) is 6.65. The molecule has 1 amide bonds. The fourth-order valence-corrected chi connectivity index (χ4v) is 4.20. The first-order chi connectivity index (χ1) is 12.2. The molecule has 1 aromatic rings. The first-order valence-corrected chi connectivity index (χ1v) is 10.3. The van der Waals surface area contributed by atoms with Crippen LogP contribution in [0.2, 0.25) is 5.02 Å². The van der Waals surface area contributed by atoms with Gasteiger partial charge in [-0.2, -0.15) is 4.31 Å². The van der Waals surface area contributed by atoms with Crippen molar-refractivity contribution >= 4 is 39.2 Å². The van der Waals surface area contributed by atoms with Crippen molar-refractivity contribution in [2.45, 2.75) is 32.1 Å². The minimum Gasteiger partial charge on any atom is -0.455 e. The lowest BCUT2D eigenvalue weighted by Crippen LogP contribution is -2.30. The second-order valence-corrected chi connectivity index (χ2v) is 8.55. The van der Waals surface area contributed by atoms with Crippen LogP contribution in [0.15, 0.2) is 23.1 Å². The Hall–Kier alpha value is -1.64. The number of halogens is 1. The molecular formula is C17H23ClN2O5S. The number of ether oxygens (including phenoxy) is 1. The lowest BCUT2D eigenvalue weighted by molar-refractivity contribution is -0.148. The van der Waals surface area contributed by atoms with Gasteiger partial charge in [0, 0.05) is 13.1 Å². The Morgan fingerprint density at radius 1 is 1.31 bits per heavy atom. The van der Waals surface area contributed by atoms with Crippen LogP contribution in [0.1, 0.15) is 27.2 Å². The molecule has 1 aliphatic carbocycles. The second kappa shape index (κ2) is 8.37. The summed E-state index contributed by atoms with van der Waals surface area (Å²) in [6.07, 6.45) is 0.775. The fourth-order valence-electron chi connectivity index (χ4n) is 2.55. The number of hydrogen-bond donors (Lipinski definition) is 1. The highest BCUT2D eigenvalue weighted by Crippen LogP contribution is 2.38. The van der Waals surface area contributed by atoms with Gasteiger partial charge in [-0.1, -0.05) is 32.4 Å². The summed E-state index contributed by atoms with van der Waals surface area (Å²) < 4.78 is 31.4. The molecule has 26 heavy (non-hydrogen) atoms. The molecule has 0 radical (unpaired) electrons. The van der Waals surface area contributed by atoms with E-state index in [1.807, 2.05) is 6.92 Å². The smallest absolute Gasteiger partial charge is 0.309 e. The molecule has 0 aromatic heterocycles. The van der Waals surface area contributed by atoms with Gasteiger partial charge in [0.15, 0.2) is 6.61 Å². The highest BCUT2D eigenvalue weighted by molar-refractivity contribution is 7.89. The van der Waals surface area contributed by atoms with Crippen LogP contribution in [-0.4, -0.2) is 44.3 Å². The van der Waals surface area contributed by atoms with Crippen LogP contribution < -0.4 is 5.32 Å². The zero-order valence-electron chi connectivity index (χ0n) is 15.0. The lowest BCUT2D eigenvalue weighted by Gasteiger charge is -2.19. The number of esters is 1. The van der Waals surface area contributed by atoms with Crippen molar-refractivity contribution < 1.29 is 22.7 Å². The predicted molar refractivity (Wildman–Crippen MR) is 98.4 cm³/mol. The summed E-state index contributed by atoms with van der Waals surface area (Å²) >= 11 is 6.05. The van der Waals surface area contributed by atoms with Gasteiger partial charge in [-0.25, -0.2) is 8.42 Å². The molecule has 2 rings (SSSR count). The topological polar surface area (TPSA) is 92.8 Å². The number of benzene rings is 1. The maximum absolute atomic E-state index is 12.6. The largest absolute Gasteiger partial charge is 0.455 e. The Bertz CT molecular complexity index is 792. The Morgan fingerprint density at radius 2 is 1.92 bits per heavy atom. The van der Waals surface area contributed by atoms with Crippen LogP contribution in [0.25, 0.3) is 0 Å². The van der Waals surface area contributed by atoms with Crippen molar-refractivity contribution in [3.63, 3.8) is 0 Å². The molecule has 2 atom stereocenters. The highest BCUT2D eigenvalue weighted by Gasteiger charge is 2.40. The van der Waals surface area contributed by atoms with Crippen LogP contribution in [-0.2, 0) is 24.3 Å². The summed E-state index contributed by atoms with van der Waals surface area (Å²) in [5, 5.41) is 2.69. The molecule has 0 bridgehead atoms. The van der Waals surface area contributed by atoms with Gasteiger partial charge >= 0.3 is 5.97 Å². The Labute approximate surface area is 158 Å². The van der Waals surface area contributed by atoms with Crippen molar-refractivity contribution in [2.24, 2.45) is 11.8 Å². The Morgan fingerprint density at radius 3 is 2.46 bits per heavy atom. The Balaban J connectivity index is 2.07. The SMILES string of the molecule is CCN(CC)S(=O)(=O)c1ccc(Cl)c(NC(=O)COC(=O)[C@@H]2C[C@@H]2C)c1. The molecular weight excluding hydrogens is 380 g/mol. The average Bonchev–Trinajstić information content (AvgIpc) is 3.32. The van der Waals surface area contributed by atoms with Gasteiger partial charge in [-0.15, -0.1) is 0 Å². The number of anilines is 1. The molecule has 1 saturated carbocycles. The van der Waals surface area contributed by atoms with Gasteiger partial charge < -0.3 is 10.1 Å². The van der Waals surface area contributed by atoms with Crippen LogP contribution in [0.5, 0.6) is 0 Å². The number of nitrogens with one attached hydrogen (secondary N) is 1. The molecule has 144 valence electrons. The minimum atomic E-state index is -3.67. The number of amides is 1. The summed E-state index contributed by atoms with van der Waals surface area (Å²) in [5.74, 6) is -0.807. The van der Waals surface area contributed by atoms with E-state index in [-0.39, 0.29) is 21.5 Å². The molecule has 0 saturated heterocycles. The van der Waals surface area contributed by atoms with E-state index in [1.54, 1.807) is 13.8 Å². The third-order valence-electron chi connectivity index (χ3n) is 4.31. The summed E-state index contributed by atoms with van der Waals surface area (Å²) in [4.78, 5) is 23.7. The van der Waals surface area contributed by atoms with Crippen molar-refractivity contribution in [3.8, 4) is 0 Å². The molecule has 0 spiro atoms. The maximum atomic E-state index is 12.6. The maximum Gasteiger partial charge on any atom is 0.309 e. The first kappa shape index (κ1) is 20.7. The number of hydrogen-bond acceptors (Lipinski definition) is 5. The van der Waals surface area contributed by atoms with Gasteiger partial charge in [0.05, 0.1) is 21.5 Å². The summed E-state index contributed by atoms with van der Waals surface area (Å²) in [6, 6.07) is 4.10. The van der Waals surface area contributed by atoms with Crippen molar-refractivity contribution in [3.05, 3.63) is 23.2 Å². The third kappa shape index (κ3) is 4.75. The predicted octanol–water partition coefficient (Wildman–Crippen LogP) is 2.51. The van der Waals surface area contributed by atoms with E-state index in [2.05, 4.69) is 5.32 Å². The molecule has 1 aromatic carbocycles. The van der Waals surface area contributed by atoms with E-state index in [1.165, 1.54) is 22.5 Å². The minimum absolute atomic E-state index is 0.0321. The highest BCUT2D eigenvalue weighted by atomic mass is 35.5. The van der Waals surface area contributed by atoms with E-state index in [0.29, 0.717) is 19.0 Å². The standard InChI is InChI=1S/C17H23ClN2O5S/c1-4-20(5-2)26(23,24)12-6-7-14(18)15(9-12)19-16(21)10-25-17(22)13-8-11(13)3/h6-7,9,11,13H,4-5,8,10H2,1-3H3,(H,19,21)/t11-,13+/m0/s1. The average molecular weight is 403 g/mol. The number of nitrogens with zero attached hydrogens (tertiary/aromatic N) is 1. The number of rotatable bonds is 8. The van der Waals surface area contributed by atoms with Gasteiger partial charge in [-0.3, -0.25) is 9.59 Å². The van der Waals surface area contributed by atoms with E-state index in [4.69, 9.17) is 16.3 Å². The molecule has 0 unspecified atom stereocenters. The molecule has 1 fully saturated rings. The zero-order valence-corrected chi connectivity index (χ0v) is 16.6. The lowest BCUT2D eigenvalue weighted by atomic mass is 10.3. The zero-order chi connectivity index (χ0) is 19.5. The summed E-state index contributed by atoms with van der Waals surface area (Å²) in [7, 11) is -3.67. The fraction of sp³-hybridized carbons (Fsp3) is 0.529.